The van der Waals surface area contributed by atoms with Gasteiger partial charge in [-0.2, -0.15) is 0 Å². The average molecular weight is 196 g/mol. The van der Waals surface area contributed by atoms with E-state index in [0.29, 0.717) is 4.43 Å². The van der Waals surface area contributed by atoms with E-state index in [1.165, 1.54) is 6.08 Å². The molecule has 0 aromatic rings. The number of allylic oxidation sites excluding steroid dienone is 1. The van der Waals surface area contributed by atoms with Crippen molar-refractivity contribution < 1.29 is 4.79 Å². The Hall–Kier alpha value is 0.140. The summed E-state index contributed by atoms with van der Waals surface area (Å²) in [7, 11) is 0. The van der Waals surface area contributed by atoms with Crippen LogP contribution in [0.2, 0.25) is 0 Å². The number of halogens is 1. The fourth-order valence-corrected chi connectivity index (χ4v) is 0.366. The van der Waals surface area contributed by atoms with E-state index >= 15 is 0 Å². The zero-order valence-electron chi connectivity index (χ0n) is 3.28. The van der Waals surface area contributed by atoms with E-state index in [2.05, 4.69) is 6.58 Å². The first-order chi connectivity index (χ1) is 2.81. The molecule has 1 nitrogen and oxygen atoms in total. The van der Waals surface area contributed by atoms with Gasteiger partial charge in [-0.1, -0.05) is 29.2 Å². The van der Waals surface area contributed by atoms with E-state index in [-0.39, 0.29) is 5.78 Å². The molecule has 0 unspecified atom stereocenters. The highest BCUT2D eigenvalue weighted by molar-refractivity contribution is 14.1. The third-order valence-electron chi connectivity index (χ3n) is 0.359. The van der Waals surface area contributed by atoms with Crippen molar-refractivity contribution in [3.8, 4) is 0 Å². The molecular weight excluding hydrogens is 191 g/mol. The summed E-state index contributed by atoms with van der Waals surface area (Å²) in [6.07, 6.45) is 1.33. The molecule has 0 N–H and O–H groups in total. The molecule has 0 amide bonds. The molecular formula is C4H5IO. The molecule has 0 heterocycles. The number of hydrogen-bond acceptors (Lipinski definition) is 1. The predicted molar refractivity (Wildman–Crippen MR) is 34.1 cm³/mol. The maximum Gasteiger partial charge on any atom is 0.164 e. The average Bonchev–Trinajstić information content (AvgIpc) is 1.65. The summed E-state index contributed by atoms with van der Waals surface area (Å²) in [6.45, 7) is 3.28. The number of rotatable bonds is 2. The van der Waals surface area contributed by atoms with Crippen molar-refractivity contribution in [2.75, 3.05) is 4.43 Å². The lowest BCUT2D eigenvalue weighted by molar-refractivity contribution is -0.112. The largest absolute Gasteiger partial charge is 0.294 e. The maximum absolute atomic E-state index is 10.1. The lowest BCUT2D eigenvalue weighted by Gasteiger charge is -1.73. The molecule has 0 aliphatic carbocycles. The third kappa shape index (κ3) is 2.38. The lowest BCUT2D eigenvalue weighted by Crippen LogP contribution is -1.88. The Morgan fingerprint density at radius 3 is 2.50 bits per heavy atom. The topological polar surface area (TPSA) is 17.1 Å². The Kier molecular flexibility index (Phi) is 3.41. The molecule has 0 atom stereocenters. The van der Waals surface area contributed by atoms with Crippen LogP contribution in [-0.2, 0) is 4.79 Å². The van der Waals surface area contributed by atoms with Gasteiger partial charge in [0.2, 0.25) is 0 Å². The SMILES string of the molecule is C=CC(=O)CI. The first-order valence-electron chi connectivity index (χ1n) is 1.52. The molecule has 0 bridgehead atoms. The Balaban J connectivity index is 3.23. The van der Waals surface area contributed by atoms with Crippen LogP contribution in [0.5, 0.6) is 0 Å². The first kappa shape index (κ1) is 6.14. The second-order valence-corrected chi connectivity index (χ2v) is 1.57. The second-order valence-electron chi connectivity index (χ2n) is 0.804. The molecule has 6 heavy (non-hydrogen) atoms. The summed E-state index contributed by atoms with van der Waals surface area (Å²) >= 11 is 1.99. The maximum atomic E-state index is 10.1. The highest BCUT2D eigenvalue weighted by Gasteiger charge is 1.83. The zero-order chi connectivity index (χ0) is 4.99. The predicted octanol–water partition coefficient (Wildman–Crippen LogP) is 1.18. The second kappa shape index (κ2) is 3.33. The highest BCUT2D eigenvalue weighted by Crippen LogP contribution is 1.81. The number of alkyl halides is 1. The van der Waals surface area contributed by atoms with Gasteiger partial charge in [-0.3, -0.25) is 4.79 Å². The van der Waals surface area contributed by atoms with Crippen LogP contribution in [0.3, 0.4) is 0 Å². The van der Waals surface area contributed by atoms with Gasteiger partial charge in [0.25, 0.3) is 0 Å². The van der Waals surface area contributed by atoms with Gasteiger partial charge < -0.3 is 0 Å². The third-order valence-corrected chi connectivity index (χ3v) is 1.11. The number of ketones is 1. The van der Waals surface area contributed by atoms with Crippen LogP contribution >= 0.6 is 22.6 Å². The van der Waals surface area contributed by atoms with Crippen molar-refractivity contribution in [1.29, 1.82) is 0 Å². The van der Waals surface area contributed by atoms with Gasteiger partial charge in [-0.05, 0) is 6.08 Å². The van der Waals surface area contributed by atoms with Gasteiger partial charge in [0.1, 0.15) is 0 Å². The van der Waals surface area contributed by atoms with E-state index in [9.17, 15) is 4.79 Å². The van der Waals surface area contributed by atoms with Crippen LogP contribution in [0.15, 0.2) is 12.7 Å². The quantitative estimate of drug-likeness (QED) is 0.368. The minimum absolute atomic E-state index is 0.0931. The van der Waals surface area contributed by atoms with E-state index in [1.807, 2.05) is 22.6 Å². The van der Waals surface area contributed by atoms with Gasteiger partial charge in [0.05, 0.1) is 4.43 Å². The number of hydrogen-bond donors (Lipinski definition) is 0. The van der Waals surface area contributed by atoms with Crippen LogP contribution in [0.25, 0.3) is 0 Å². The summed E-state index contributed by atoms with van der Waals surface area (Å²) in [5.74, 6) is 0.0931. The first-order valence-corrected chi connectivity index (χ1v) is 3.05. The van der Waals surface area contributed by atoms with Gasteiger partial charge >= 0.3 is 0 Å². The van der Waals surface area contributed by atoms with Crippen molar-refractivity contribution in [2.45, 2.75) is 0 Å². The van der Waals surface area contributed by atoms with Crippen LogP contribution in [0, 0.1) is 0 Å². The Bertz CT molecular complexity index is 67.9. The van der Waals surface area contributed by atoms with Gasteiger partial charge in [0, 0.05) is 0 Å². The molecule has 0 fully saturated rings. The van der Waals surface area contributed by atoms with E-state index in [0.717, 1.165) is 0 Å². The van der Waals surface area contributed by atoms with Crippen LogP contribution in [0.1, 0.15) is 0 Å². The molecule has 0 aromatic heterocycles. The van der Waals surface area contributed by atoms with Crippen molar-refractivity contribution >= 4 is 28.4 Å². The van der Waals surface area contributed by atoms with Crippen LogP contribution in [-0.4, -0.2) is 10.2 Å². The molecule has 2 heteroatoms. The minimum Gasteiger partial charge on any atom is -0.294 e. The molecule has 0 spiro atoms. The Labute approximate surface area is 50.6 Å². The Morgan fingerprint density at radius 2 is 2.50 bits per heavy atom. The van der Waals surface area contributed by atoms with Crippen molar-refractivity contribution in [1.82, 2.24) is 0 Å². The zero-order valence-corrected chi connectivity index (χ0v) is 5.44. The van der Waals surface area contributed by atoms with E-state index < -0.39 is 0 Å². The monoisotopic (exact) mass is 196 g/mol. The van der Waals surface area contributed by atoms with Gasteiger partial charge in [0.15, 0.2) is 5.78 Å². The standard InChI is InChI=1S/C4H5IO/c1-2-4(6)3-5/h2H,1,3H2. The fourth-order valence-electron chi connectivity index (χ4n) is 0.0546. The smallest absolute Gasteiger partial charge is 0.164 e. The summed E-state index contributed by atoms with van der Waals surface area (Å²) in [5, 5.41) is 0. The fraction of sp³-hybridized carbons (Fsp3) is 0.250. The highest BCUT2D eigenvalue weighted by atomic mass is 127. The van der Waals surface area contributed by atoms with Crippen molar-refractivity contribution in [3.63, 3.8) is 0 Å². The summed E-state index contributed by atoms with van der Waals surface area (Å²) in [6, 6.07) is 0. The minimum atomic E-state index is 0.0931. The van der Waals surface area contributed by atoms with Crippen molar-refractivity contribution in [3.05, 3.63) is 12.7 Å². The molecule has 0 aliphatic heterocycles. The molecule has 0 saturated carbocycles. The molecule has 0 aromatic carbocycles. The van der Waals surface area contributed by atoms with Gasteiger partial charge in [-0.25, -0.2) is 0 Å². The number of carbonyl (C=O) groups excluding carboxylic acids is 1. The molecule has 0 saturated heterocycles. The molecule has 34 valence electrons. The molecule has 0 rings (SSSR count). The lowest BCUT2D eigenvalue weighted by atomic mass is 10.5. The van der Waals surface area contributed by atoms with Crippen molar-refractivity contribution in [2.24, 2.45) is 0 Å². The van der Waals surface area contributed by atoms with Crippen LogP contribution in [0.4, 0.5) is 0 Å². The number of carbonyl (C=O) groups is 1. The molecule has 0 radical (unpaired) electrons. The van der Waals surface area contributed by atoms with E-state index in [1.54, 1.807) is 0 Å². The normalized spacial score (nSPS) is 7.50. The summed E-state index contributed by atoms with van der Waals surface area (Å²) in [5.41, 5.74) is 0. The summed E-state index contributed by atoms with van der Waals surface area (Å²) in [4.78, 5) is 10.1. The summed E-state index contributed by atoms with van der Waals surface area (Å²) < 4.78 is 0.543. The molecule has 0 aliphatic rings. The van der Waals surface area contributed by atoms with Crippen LogP contribution < -0.4 is 0 Å². The van der Waals surface area contributed by atoms with Gasteiger partial charge in [-0.15, -0.1) is 0 Å². The van der Waals surface area contributed by atoms with E-state index in [4.69, 9.17) is 0 Å². The Morgan fingerprint density at radius 1 is 2.00 bits per heavy atom.